The number of benzene rings is 1. The summed E-state index contributed by atoms with van der Waals surface area (Å²) in [5.74, 6) is 0.0159. The molecule has 0 spiro atoms. The predicted octanol–water partition coefficient (Wildman–Crippen LogP) is 4.05. The highest BCUT2D eigenvalue weighted by Crippen LogP contribution is 2.33. The Morgan fingerprint density at radius 3 is 2.83 bits per heavy atom. The molecular weight excluding hydrogens is 381 g/mol. The fourth-order valence-electron chi connectivity index (χ4n) is 1.86. The molecule has 3 aromatic rings. The van der Waals surface area contributed by atoms with E-state index < -0.39 is 0 Å². The van der Waals surface area contributed by atoms with Crippen molar-refractivity contribution in [3.05, 3.63) is 50.7 Å². The molecule has 0 bridgehead atoms. The Morgan fingerprint density at radius 2 is 2.04 bits per heavy atom. The van der Waals surface area contributed by atoms with Crippen molar-refractivity contribution < 1.29 is 9.53 Å². The Morgan fingerprint density at radius 1 is 1.26 bits per heavy atom. The molecule has 0 aliphatic heterocycles. The van der Waals surface area contributed by atoms with Gasteiger partial charge in [0.15, 0.2) is 11.6 Å². The molecule has 2 heterocycles. The zero-order valence-corrected chi connectivity index (χ0v) is 14.6. The highest BCUT2D eigenvalue weighted by atomic mass is 35.5. The van der Waals surface area contributed by atoms with Crippen LogP contribution in [0.4, 0.5) is 0 Å². The number of aromatic nitrogens is 2. The first-order valence-electron chi connectivity index (χ1n) is 6.48. The molecule has 23 heavy (non-hydrogen) atoms. The summed E-state index contributed by atoms with van der Waals surface area (Å²) in [4.78, 5) is 17.1. The molecule has 1 aromatic carbocycles. The first-order valence-corrected chi connectivity index (χ1v) is 8.49. The van der Waals surface area contributed by atoms with Gasteiger partial charge in [-0.1, -0.05) is 34.8 Å². The molecule has 120 valence electrons. The van der Waals surface area contributed by atoms with E-state index in [2.05, 4.69) is 10.3 Å². The zero-order valence-electron chi connectivity index (χ0n) is 11.6. The average Bonchev–Trinajstić information content (AvgIpc) is 3.08. The number of imidazole rings is 1. The topological polar surface area (TPSA) is 55.6 Å². The standard InChI is InChI=1S/C14H10Cl3N3O2S/c15-9-3-11(17)12(4-10(9)16)22-7-13(21)18-5-8-6-20-1-2-23-14(20)19-8/h1-4,6H,5,7H2,(H,18,21). The zero-order chi connectivity index (χ0) is 16.4. The number of carbonyl (C=O) groups excluding carboxylic acids is 1. The van der Waals surface area contributed by atoms with E-state index in [1.54, 1.807) is 0 Å². The van der Waals surface area contributed by atoms with Crippen molar-refractivity contribution >= 4 is 57.0 Å². The Hall–Kier alpha value is -1.47. The largest absolute Gasteiger partial charge is 0.482 e. The lowest BCUT2D eigenvalue weighted by atomic mass is 10.3. The third-order valence-corrected chi connectivity index (χ3v) is 4.73. The summed E-state index contributed by atoms with van der Waals surface area (Å²) in [6.07, 6.45) is 3.77. The van der Waals surface area contributed by atoms with Gasteiger partial charge in [0.25, 0.3) is 5.91 Å². The molecule has 0 unspecified atom stereocenters. The summed E-state index contributed by atoms with van der Waals surface area (Å²) in [7, 11) is 0. The lowest BCUT2D eigenvalue weighted by molar-refractivity contribution is -0.123. The summed E-state index contributed by atoms with van der Waals surface area (Å²) in [6, 6.07) is 2.94. The van der Waals surface area contributed by atoms with Gasteiger partial charge in [-0.05, 0) is 6.07 Å². The first kappa shape index (κ1) is 16.4. The number of thiazole rings is 1. The van der Waals surface area contributed by atoms with Gasteiger partial charge in [0.05, 0.1) is 27.3 Å². The normalized spacial score (nSPS) is 10.9. The van der Waals surface area contributed by atoms with Crippen LogP contribution >= 0.6 is 46.1 Å². The molecule has 0 atom stereocenters. The Labute approximate surface area is 150 Å². The number of fused-ring (bicyclic) bond motifs is 1. The van der Waals surface area contributed by atoms with Crippen molar-refractivity contribution in [1.82, 2.24) is 14.7 Å². The smallest absolute Gasteiger partial charge is 0.258 e. The molecule has 9 heteroatoms. The second kappa shape index (κ2) is 6.97. The highest BCUT2D eigenvalue weighted by molar-refractivity contribution is 7.15. The predicted molar refractivity (Wildman–Crippen MR) is 91.9 cm³/mol. The third kappa shape index (κ3) is 3.90. The van der Waals surface area contributed by atoms with Crippen LogP contribution in [0.3, 0.4) is 0 Å². The number of carbonyl (C=O) groups is 1. The number of nitrogens with zero attached hydrogens (tertiary/aromatic N) is 2. The number of amides is 1. The molecule has 0 aliphatic rings. The van der Waals surface area contributed by atoms with Gasteiger partial charge < -0.3 is 10.1 Å². The van der Waals surface area contributed by atoms with Gasteiger partial charge in [0.1, 0.15) is 5.75 Å². The van der Waals surface area contributed by atoms with Crippen LogP contribution in [0.1, 0.15) is 5.69 Å². The van der Waals surface area contributed by atoms with Gasteiger partial charge in [-0.15, -0.1) is 11.3 Å². The Bertz CT molecular complexity index is 834. The van der Waals surface area contributed by atoms with E-state index in [1.165, 1.54) is 23.5 Å². The van der Waals surface area contributed by atoms with Crippen molar-refractivity contribution in [2.24, 2.45) is 0 Å². The van der Waals surface area contributed by atoms with Crippen LogP contribution in [0.5, 0.6) is 5.75 Å². The van der Waals surface area contributed by atoms with E-state index in [9.17, 15) is 4.79 Å². The van der Waals surface area contributed by atoms with Gasteiger partial charge in [-0.25, -0.2) is 4.98 Å². The highest BCUT2D eigenvalue weighted by Gasteiger charge is 2.10. The van der Waals surface area contributed by atoms with Crippen LogP contribution in [-0.4, -0.2) is 21.9 Å². The van der Waals surface area contributed by atoms with Crippen LogP contribution in [-0.2, 0) is 11.3 Å². The van der Waals surface area contributed by atoms with E-state index >= 15 is 0 Å². The number of hydrogen-bond donors (Lipinski definition) is 1. The molecule has 0 aliphatic carbocycles. The summed E-state index contributed by atoms with van der Waals surface area (Å²) in [6.45, 7) is 0.144. The van der Waals surface area contributed by atoms with Crippen molar-refractivity contribution in [2.75, 3.05) is 6.61 Å². The van der Waals surface area contributed by atoms with Crippen molar-refractivity contribution in [3.8, 4) is 5.75 Å². The second-order valence-electron chi connectivity index (χ2n) is 4.59. The molecule has 0 saturated carbocycles. The summed E-state index contributed by atoms with van der Waals surface area (Å²) in [5.41, 5.74) is 0.776. The molecule has 3 rings (SSSR count). The lowest BCUT2D eigenvalue weighted by Crippen LogP contribution is -2.28. The molecule has 1 amide bonds. The van der Waals surface area contributed by atoms with Crippen LogP contribution in [0.2, 0.25) is 15.1 Å². The number of ether oxygens (including phenoxy) is 1. The summed E-state index contributed by atoms with van der Waals surface area (Å²) >= 11 is 19.2. The van der Waals surface area contributed by atoms with E-state index in [0.717, 1.165) is 10.7 Å². The number of nitrogens with one attached hydrogen (secondary N) is 1. The summed E-state index contributed by atoms with van der Waals surface area (Å²) in [5, 5.41) is 5.60. The number of rotatable bonds is 5. The van der Waals surface area contributed by atoms with Gasteiger partial charge in [-0.3, -0.25) is 9.20 Å². The van der Waals surface area contributed by atoms with Crippen LogP contribution in [0.25, 0.3) is 4.96 Å². The summed E-state index contributed by atoms with van der Waals surface area (Å²) < 4.78 is 7.26. The lowest BCUT2D eigenvalue weighted by Gasteiger charge is -2.09. The maximum atomic E-state index is 11.8. The molecular formula is C14H10Cl3N3O2S. The Kier molecular flexibility index (Phi) is 4.96. The maximum absolute atomic E-state index is 11.8. The quantitative estimate of drug-likeness (QED) is 0.669. The minimum atomic E-state index is -0.288. The van der Waals surface area contributed by atoms with Crippen molar-refractivity contribution in [2.45, 2.75) is 6.54 Å². The van der Waals surface area contributed by atoms with Crippen LogP contribution < -0.4 is 10.1 Å². The van der Waals surface area contributed by atoms with Crippen LogP contribution in [0, 0.1) is 0 Å². The molecule has 5 nitrogen and oxygen atoms in total. The fourth-order valence-corrected chi connectivity index (χ4v) is 3.17. The molecule has 0 saturated heterocycles. The van der Waals surface area contributed by atoms with E-state index in [0.29, 0.717) is 27.4 Å². The first-order chi connectivity index (χ1) is 11.0. The van der Waals surface area contributed by atoms with Crippen molar-refractivity contribution in [3.63, 3.8) is 0 Å². The van der Waals surface area contributed by atoms with Gasteiger partial charge in [0.2, 0.25) is 0 Å². The monoisotopic (exact) mass is 389 g/mol. The van der Waals surface area contributed by atoms with Gasteiger partial charge >= 0.3 is 0 Å². The Balaban J connectivity index is 1.53. The SMILES string of the molecule is O=C(COc1cc(Cl)c(Cl)cc1Cl)NCc1cn2ccsc2n1. The molecule has 2 aromatic heterocycles. The van der Waals surface area contributed by atoms with E-state index in [4.69, 9.17) is 39.5 Å². The minimum Gasteiger partial charge on any atom is -0.482 e. The van der Waals surface area contributed by atoms with E-state index in [-0.39, 0.29) is 12.5 Å². The molecule has 0 radical (unpaired) electrons. The van der Waals surface area contributed by atoms with Gasteiger partial charge in [-0.2, -0.15) is 0 Å². The number of halogens is 3. The second-order valence-corrected chi connectivity index (χ2v) is 6.68. The third-order valence-electron chi connectivity index (χ3n) is 2.94. The molecule has 1 N–H and O–H groups in total. The van der Waals surface area contributed by atoms with Crippen LogP contribution in [0.15, 0.2) is 29.9 Å². The maximum Gasteiger partial charge on any atom is 0.258 e. The van der Waals surface area contributed by atoms with E-state index in [1.807, 2.05) is 22.2 Å². The average molecular weight is 391 g/mol. The molecule has 0 fully saturated rings. The number of hydrogen-bond acceptors (Lipinski definition) is 4. The van der Waals surface area contributed by atoms with Crippen molar-refractivity contribution in [1.29, 1.82) is 0 Å². The minimum absolute atomic E-state index is 0.181. The van der Waals surface area contributed by atoms with Gasteiger partial charge in [0, 0.05) is 23.8 Å². The fraction of sp³-hybridized carbons (Fsp3) is 0.143.